The molecule has 1 N–H and O–H groups in total. The SMILES string of the molecule is CC=C(C=C(CC)CC(O)(c1ccc(C(C)C)cc1)C1CN2CCC1CC2)OC. The molecular weight excluding hydrogens is 358 g/mol. The van der Waals surface area contributed by atoms with Crippen LogP contribution in [0.3, 0.4) is 0 Å². The average molecular weight is 398 g/mol. The van der Waals surface area contributed by atoms with Gasteiger partial charge in [-0.1, -0.05) is 50.6 Å². The topological polar surface area (TPSA) is 32.7 Å². The third-order valence-corrected chi connectivity index (χ3v) is 7.16. The molecule has 3 saturated heterocycles. The van der Waals surface area contributed by atoms with Gasteiger partial charge in [0.15, 0.2) is 0 Å². The van der Waals surface area contributed by atoms with Gasteiger partial charge in [-0.25, -0.2) is 0 Å². The zero-order valence-corrected chi connectivity index (χ0v) is 18.9. The molecule has 0 aromatic heterocycles. The number of allylic oxidation sites excluding steroid dienone is 2. The van der Waals surface area contributed by atoms with E-state index in [2.05, 4.69) is 56.0 Å². The molecule has 4 rings (SSSR count). The minimum absolute atomic E-state index is 0.279. The molecule has 0 saturated carbocycles. The third-order valence-electron chi connectivity index (χ3n) is 7.16. The number of hydrogen-bond donors (Lipinski definition) is 1. The molecule has 0 radical (unpaired) electrons. The molecule has 2 bridgehead atoms. The lowest BCUT2D eigenvalue weighted by molar-refractivity contribution is -0.102. The van der Waals surface area contributed by atoms with Crippen molar-refractivity contribution in [3.8, 4) is 0 Å². The highest BCUT2D eigenvalue weighted by Crippen LogP contribution is 2.47. The van der Waals surface area contributed by atoms with Crippen LogP contribution in [0.2, 0.25) is 0 Å². The van der Waals surface area contributed by atoms with Gasteiger partial charge in [0.25, 0.3) is 0 Å². The zero-order chi connectivity index (χ0) is 21.0. The van der Waals surface area contributed by atoms with Crippen molar-refractivity contribution >= 4 is 0 Å². The van der Waals surface area contributed by atoms with E-state index in [1.165, 1.54) is 37.1 Å². The summed E-state index contributed by atoms with van der Waals surface area (Å²) < 4.78 is 5.48. The highest BCUT2D eigenvalue weighted by Gasteiger charge is 2.47. The highest BCUT2D eigenvalue weighted by atomic mass is 16.5. The number of methoxy groups -OCH3 is 1. The van der Waals surface area contributed by atoms with Crippen LogP contribution >= 0.6 is 0 Å². The number of piperidine rings is 3. The molecule has 0 spiro atoms. The highest BCUT2D eigenvalue weighted by molar-refractivity contribution is 5.32. The Morgan fingerprint density at radius 1 is 1.24 bits per heavy atom. The van der Waals surface area contributed by atoms with E-state index in [1.807, 2.05) is 13.0 Å². The molecule has 3 nitrogen and oxygen atoms in total. The number of aliphatic hydroxyl groups is 1. The Kier molecular flexibility index (Phi) is 7.23. The molecule has 29 heavy (non-hydrogen) atoms. The first-order valence-corrected chi connectivity index (χ1v) is 11.4. The van der Waals surface area contributed by atoms with Crippen LogP contribution in [0.5, 0.6) is 0 Å². The van der Waals surface area contributed by atoms with E-state index >= 15 is 0 Å². The molecular formula is C26H39NO2. The summed E-state index contributed by atoms with van der Waals surface area (Å²) >= 11 is 0. The lowest BCUT2D eigenvalue weighted by atomic mass is 9.65. The average Bonchev–Trinajstić information content (AvgIpc) is 2.77. The van der Waals surface area contributed by atoms with Crippen molar-refractivity contribution in [2.45, 2.75) is 64.9 Å². The van der Waals surface area contributed by atoms with Crippen molar-refractivity contribution < 1.29 is 9.84 Å². The minimum atomic E-state index is -0.840. The van der Waals surface area contributed by atoms with Gasteiger partial charge in [-0.2, -0.15) is 0 Å². The van der Waals surface area contributed by atoms with Crippen molar-refractivity contribution in [2.75, 3.05) is 26.7 Å². The Bertz CT molecular complexity index is 726. The van der Waals surface area contributed by atoms with E-state index in [0.717, 1.165) is 24.3 Å². The molecule has 0 amide bonds. The van der Waals surface area contributed by atoms with Crippen LogP contribution in [0.25, 0.3) is 0 Å². The summed E-state index contributed by atoms with van der Waals surface area (Å²) in [4.78, 5) is 2.54. The summed E-state index contributed by atoms with van der Waals surface area (Å²) in [7, 11) is 1.71. The summed E-state index contributed by atoms with van der Waals surface area (Å²) in [6.07, 6.45) is 8.10. The Balaban J connectivity index is 1.99. The Morgan fingerprint density at radius 2 is 1.90 bits per heavy atom. The summed E-state index contributed by atoms with van der Waals surface area (Å²) in [6, 6.07) is 8.75. The van der Waals surface area contributed by atoms with E-state index in [1.54, 1.807) is 7.11 Å². The van der Waals surface area contributed by atoms with Crippen LogP contribution in [-0.4, -0.2) is 36.8 Å². The van der Waals surface area contributed by atoms with Crippen LogP contribution in [0.1, 0.15) is 70.4 Å². The van der Waals surface area contributed by atoms with Gasteiger partial charge >= 0.3 is 0 Å². The molecule has 3 fully saturated rings. The maximum Gasteiger partial charge on any atom is 0.114 e. The molecule has 3 aliphatic rings. The molecule has 3 heterocycles. The lowest BCUT2D eigenvalue weighted by Gasteiger charge is -2.51. The Hall–Kier alpha value is -1.58. The van der Waals surface area contributed by atoms with Gasteiger partial charge in [0.2, 0.25) is 0 Å². The predicted octanol–water partition coefficient (Wildman–Crippen LogP) is 5.62. The number of rotatable bonds is 8. The van der Waals surface area contributed by atoms with Crippen LogP contribution in [0.4, 0.5) is 0 Å². The molecule has 0 aliphatic carbocycles. The number of ether oxygens (including phenoxy) is 1. The summed E-state index contributed by atoms with van der Waals surface area (Å²) in [5, 5.41) is 12.3. The first-order chi connectivity index (χ1) is 13.9. The third kappa shape index (κ3) is 4.78. The van der Waals surface area contributed by atoms with Crippen LogP contribution in [0.15, 0.2) is 47.7 Å². The zero-order valence-electron chi connectivity index (χ0n) is 18.9. The monoisotopic (exact) mass is 397 g/mol. The summed E-state index contributed by atoms with van der Waals surface area (Å²) in [5.41, 5.74) is 2.80. The van der Waals surface area contributed by atoms with E-state index in [9.17, 15) is 5.11 Å². The quantitative estimate of drug-likeness (QED) is 0.457. The second-order valence-corrected chi connectivity index (χ2v) is 9.17. The maximum absolute atomic E-state index is 12.3. The summed E-state index contributed by atoms with van der Waals surface area (Å²) in [5.74, 6) is 2.25. The fourth-order valence-corrected chi connectivity index (χ4v) is 5.20. The molecule has 160 valence electrons. The second-order valence-electron chi connectivity index (χ2n) is 9.17. The molecule has 3 aliphatic heterocycles. The van der Waals surface area contributed by atoms with Gasteiger partial charge in [-0.3, -0.25) is 0 Å². The van der Waals surface area contributed by atoms with Gasteiger partial charge in [-0.15, -0.1) is 0 Å². The van der Waals surface area contributed by atoms with Crippen molar-refractivity contribution in [3.05, 3.63) is 58.9 Å². The molecule has 1 aromatic rings. The number of hydrogen-bond acceptors (Lipinski definition) is 3. The second kappa shape index (κ2) is 9.49. The van der Waals surface area contributed by atoms with Crippen LogP contribution in [-0.2, 0) is 10.3 Å². The van der Waals surface area contributed by atoms with Crippen molar-refractivity contribution in [3.63, 3.8) is 0 Å². The fourth-order valence-electron chi connectivity index (χ4n) is 5.20. The molecule has 2 atom stereocenters. The number of benzene rings is 1. The number of fused-ring (bicyclic) bond motifs is 3. The largest absolute Gasteiger partial charge is 0.497 e. The molecule has 2 unspecified atom stereocenters. The van der Waals surface area contributed by atoms with E-state index in [0.29, 0.717) is 18.3 Å². The normalized spacial score (nSPS) is 27.2. The molecule has 1 aromatic carbocycles. The minimum Gasteiger partial charge on any atom is -0.497 e. The van der Waals surface area contributed by atoms with Crippen molar-refractivity contribution in [2.24, 2.45) is 11.8 Å². The van der Waals surface area contributed by atoms with Gasteiger partial charge < -0.3 is 14.7 Å². The smallest absolute Gasteiger partial charge is 0.114 e. The Labute approximate surface area is 177 Å². The summed E-state index contributed by atoms with van der Waals surface area (Å²) in [6.45, 7) is 12.0. The van der Waals surface area contributed by atoms with E-state index < -0.39 is 5.60 Å². The van der Waals surface area contributed by atoms with Gasteiger partial charge in [0.1, 0.15) is 5.76 Å². The van der Waals surface area contributed by atoms with Gasteiger partial charge in [0.05, 0.1) is 12.7 Å². The van der Waals surface area contributed by atoms with Gasteiger partial charge in [0, 0.05) is 18.9 Å². The standard InChI is InChI=1S/C26H39NO2/c1-6-20(16-24(7-2)29-5)17-26(28,23-10-8-21(9-11-23)19(3)4)25-18-27-14-12-22(25)13-15-27/h7-11,16,19,22,25,28H,6,12-15,17-18H2,1-5H3. The van der Waals surface area contributed by atoms with Crippen molar-refractivity contribution in [1.82, 2.24) is 4.90 Å². The maximum atomic E-state index is 12.3. The first-order valence-electron chi connectivity index (χ1n) is 11.4. The fraction of sp³-hybridized carbons (Fsp3) is 0.615. The Morgan fingerprint density at radius 3 is 2.34 bits per heavy atom. The van der Waals surface area contributed by atoms with Crippen molar-refractivity contribution in [1.29, 1.82) is 0 Å². The lowest BCUT2D eigenvalue weighted by Crippen LogP contribution is -2.55. The van der Waals surface area contributed by atoms with Crippen LogP contribution < -0.4 is 0 Å². The van der Waals surface area contributed by atoms with E-state index in [-0.39, 0.29) is 5.92 Å². The van der Waals surface area contributed by atoms with E-state index in [4.69, 9.17) is 4.74 Å². The number of nitrogens with zero attached hydrogens (tertiary/aromatic N) is 1. The predicted molar refractivity (Wildman–Crippen MR) is 121 cm³/mol. The van der Waals surface area contributed by atoms with Gasteiger partial charge in [-0.05, 0) is 74.4 Å². The first kappa shape index (κ1) is 22.1. The molecule has 3 heteroatoms. The van der Waals surface area contributed by atoms with Crippen LogP contribution in [0, 0.1) is 11.8 Å².